The number of alkyl carbamates (subject to hydrolysis) is 1. The summed E-state index contributed by atoms with van der Waals surface area (Å²) in [5, 5.41) is 3.15. The molecule has 2 saturated heterocycles. The van der Waals surface area contributed by atoms with Crippen molar-refractivity contribution < 1.29 is 50.2 Å². The first-order valence-corrected chi connectivity index (χ1v) is 20.0. The minimum atomic E-state index is -4.98. The highest BCUT2D eigenvalue weighted by molar-refractivity contribution is 7.89. The zero-order chi connectivity index (χ0) is 40.5. The molecule has 5 rings (SSSR count). The quantitative estimate of drug-likeness (QED) is 0.322. The Balaban J connectivity index is 1.18. The van der Waals surface area contributed by atoms with Crippen LogP contribution in [0.1, 0.15) is 64.2 Å². The van der Waals surface area contributed by atoms with Gasteiger partial charge >= 0.3 is 18.2 Å². The van der Waals surface area contributed by atoms with E-state index in [0.717, 1.165) is 10.5 Å². The Labute approximate surface area is 327 Å². The first-order chi connectivity index (χ1) is 25.6. The summed E-state index contributed by atoms with van der Waals surface area (Å²) in [6.45, 7) is 6.97. The number of benzene rings is 2. The Morgan fingerprint density at radius 3 is 2.29 bits per heavy atom. The van der Waals surface area contributed by atoms with Crippen molar-refractivity contribution in [2.75, 3.05) is 39.3 Å². The Morgan fingerprint density at radius 2 is 1.65 bits per heavy atom. The second-order valence-electron chi connectivity index (χ2n) is 14.9. The number of Topliss-reactive ketones (excluding diaryl/α,β-unsaturated/α-hetero) is 1. The van der Waals surface area contributed by atoms with Crippen molar-refractivity contribution in [3.05, 3.63) is 57.6 Å². The molecule has 2 fully saturated rings. The molecular weight excluding hydrogens is 790 g/mol. The molecular formula is C36H44Cl2F3N5O8S. The van der Waals surface area contributed by atoms with E-state index in [1.54, 1.807) is 39.8 Å². The first kappa shape index (κ1) is 42.5. The predicted molar refractivity (Wildman–Crippen MR) is 196 cm³/mol. The molecule has 2 aliphatic heterocycles. The van der Waals surface area contributed by atoms with Crippen LogP contribution < -0.4 is 14.8 Å². The van der Waals surface area contributed by atoms with Gasteiger partial charge in [-0.05, 0) is 82.5 Å². The summed E-state index contributed by atoms with van der Waals surface area (Å²) < 4.78 is 80.5. The second-order valence-corrected chi connectivity index (χ2v) is 17.5. The summed E-state index contributed by atoms with van der Waals surface area (Å²) >= 11 is 12.9. The number of hydrogen-bond acceptors (Lipinski definition) is 9. The van der Waals surface area contributed by atoms with Gasteiger partial charge in [0.1, 0.15) is 17.5 Å². The normalized spacial score (nSPS) is 22.0. The van der Waals surface area contributed by atoms with Crippen LogP contribution in [0.3, 0.4) is 0 Å². The van der Waals surface area contributed by atoms with E-state index in [0.29, 0.717) is 40.7 Å². The number of piperazine rings is 1. The number of alkyl halides is 3. The van der Waals surface area contributed by atoms with E-state index in [4.69, 9.17) is 32.7 Å². The predicted octanol–water partition coefficient (Wildman–Crippen LogP) is 4.89. The Bertz CT molecular complexity index is 1890. The summed E-state index contributed by atoms with van der Waals surface area (Å²) in [4.78, 5) is 53.0. The number of hydrogen-bond donors (Lipinski definition) is 2. The van der Waals surface area contributed by atoms with Gasteiger partial charge in [-0.25, -0.2) is 17.9 Å². The van der Waals surface area contributed by atoms with Gasteiger partial charge in [-0.15, -0.1) is 0 Å². The van der Waals surface area contributed by atoms with Gasteiger partial charge in [-0.3, -0.25) is 19.3 Å². The van der Waals surface area contributed by atoms with Crippen LogP contribution in [-0.2, 0) is 35.6 Å². The van der Waals surface area contributed by atoms with Crippen LogP contribution in [0.4, 0.5) is 18.0 Å². The molecule has 2 N–H and O–H groups in total. The maximum atomic E-state index is 13.3. The van der Waals surface area contributed by atoms with Crippen LogP contribution in [-0.4, -0.2) is 116 Å². The number of nitrogens with one attached hydrogen (secondary N) is 2. The second kappa shape index (κ2) is 16.8. The number of carbonyl (C=O) groups is 4. The fourth-order valence-corrected chi connectivity index (χ4v) is 8.87. The number of ketones is 1. The molecule has 2 heterocycles. The molecule has 302 valence electrons. The fourth-order valence-electron chi connectivity index (χ4n) is 7.02. The van der Waals surface area contributed by atoms with Gasteiger partial charge in [0.25, 0.3) is 0 Å². The van der Waals surface area contributed by atoms with Gasteiger partial charge in [0.15, 0.2) is 5.78 Å². The number of ether oxygens (including phenoxy) is 2. The first-order valence-electron chi connectivity index (χ1n) is 17.8. The van der Waals surface area contributed by atoms with Gasteiger partial charge in [0.05, 0.1) is 17.5 Å². The van der Waals surface area contributed by atoms with Crippen LogP contribution in [0.2, 0.25) is 10.0 Å². The van der Waals surface area contributed by atoms with E-state index in [1.165, 1.54) is 29.2 Å². The number of carbonyl (C=O) groups excluding carboxylic acids is 4. The molecule has 1 aliphatic carbocycles. The molecule has 0 aromatic heterocycles. The van der Waals surface area contributed by atoms with E-state index in [2.05, 4.69) is 10.0 Å². The monoisotopic (exact) mass is 833 g/mol. The highest BCUT2D eigenvalue weighted by Gasteiger charge is 2.47. The number of halogens is 5. The average molecular weight is 835 g/mol. The molecule has 13 nitrogen and oxygen atoms in total. The number of rotatable bonds is 11. The molecule has 55 heavy (non-hydrogen) atoms. The van der Waals surface area contributed by atoms with Crippen LogP contribution >= 0.6 is 23.2 Å². The third kappa shape index (κ3) is 10.8. The average Bonchev–Trinajstić information content (AvgIpc) is 3.69. The number of amides is 3. The van der Waals surface area contributed by atoms with E-state index >= 15 is 0 Å². The maximum Gasteiger partial charge on any atom is 0.471 e. The summed E-state index contributed by atoms with van der Waals surface area (Å²) in [5.74, 6) is -2.21. The molecule has 0 spiro atoms. The third-order valence-electron chi connectivity index (χ3n) is 9.60. The van der Waals surface area contributed by atoms with E-state index < -0.39 is 52.0 Å². The minimum absolute atomic E-state index is 0.0403. The zero-order valence-electron chi connectivity index (χ0n) is 30.8. The molecule has 2 aromatic rings. The van der Waals surface area contributed by atoms with Gasteiger partial charge < -0.3 is 24.6 Å². The number of nitrogens with zero attached hydrogens (tertiary/aromatic N) is 3. The molecule has 19 heteroatoms. The lowest BCUT2D eigenvalue weighted by Crippen LogP contribution is -2.59. The smallest absolute Gasteiger partial charge is 0.471 e. The molecule has 0 bridgehead atoms. The molecule has 4 atom stereocenters. The lowest BCUT2D eigenvalue weighted by atomic mass is 10.1. The molecule has 3 amide bonds. The summed E-state index contributed by atoms with van der Waals surface area (Å²) in [5.41, 5.74) is 0.756. The minimum Gasteiger partial charge on any atom is -0.484 e. The van der Waals surface area contributed by atoms with Crippen molar-refractivity contribution in [2.24, 2.45) is 0 Å². The van der Waals surface area contributed by atoms with Crippen molar-refractivity contribution >= 4 is 56.9 Å². The highest BCUT2D eigenvalue weighted by atomic mass is 35.5. The summed E-state index contributed by atoms with van der Waals surface area (Å²) in [7, 11) is -4.01. The molecule has 2 aromatic carbocycles. The van der Waals surface area contributed by atoms with Crippen molar-refractivity contribution in [2.45, 2.75) is 94.3 Å². The van der Waals surface area contributed by atoms with Crippen molar-refractivity contribution in [1.29, 1.82) is 0 Å². The molecule has 0 radical (unpaired) electrons. The molecule has 3 aliphatic rings. The van der Waals surface area contributed by atoms with Crippen molar-refractivity contribution in [3.63, 3.8) is 0 Å². The topological polar surface area (TPSA) is 155 Å². The Kier molecular flexibility index (Phi) is 13.0. The van der Waals surface area contributed by atoms with E-state index in [1.807, 2.05) is 4.90 Å². The summed E-state index contributed by atoms with van der Waals surface area (Å²) in [6.07, 6.45) is -5.78. The standard InChI is InChI=1S/C36H44Cl2F3N5O8S/c1-21-19-44(13-14-46(21)33(49)36(39,40)41)30-17-27-28(15-22(37)16-29(27)38)32(30)53-25-6-8-26(9-7-25)55(51,52)43-23-11-12-45(20-23)31(48)10-5-24(47)18-42-34(50)54-35(2,3)4/h6-9,15-16,21,23,30,32,43H,5,10-14,17-20H2,1-4H3,(H,42,50)/t21-,23+,30+,32+/m1/s1. The van der Waals surface area contributed by atoms with Crippen LogP contribution in [0.25, 0.3) is 0 Å². The lowest BCUT2D eigenvalue weighted by molar-refractivity contribution is -0.190. The van der Waals surface area contributed by atoms with Gasteiger partial charge in [-0.2, -0.15) is 13.2 Å². The van der Waals surface area contributed by atoms with E-state index in [9.17, 15) is 40.8 Å². The van der Waals surface area contributed by atoms with Gasteiger partial charge in [-0.1, -0.05) is 23.2 Å². The largest absolute Gasteiger partial charge is 0.484 e. The maximum absolute atomic E-state index is 13.3. The van der Waals surface area contributed by atoms with Gasteiger partial charge in [0, 0.05) is 73.3 Å². The number of likely N-dealkylation sites (tertiary alicyclic amines) is 1. The van der Waals surface area contributed by atoms with Crippen molar-refractivity contribution in [3.8, 4) is 5.75 Å². The Morgan fingerprint density at radius 1 is 0.964 bits per heavy atom. The van der Waals surface area contributed by atoms with Crippen LogP contribution in [0.15, 0.2) is 41.3 Å². The van der Waals surface area contributed by atoms with Crippen LogP contribution in [0, 0.1) is 0 Å². The highest BCUT2D eigenvalue weighted by Crippen LogP contribution is 2.43. The third-order valence-corrected chi connectivity index (χ3v) is 11.7. The Hall–Kier alpha value is -3.64. The zero-order valence-corrected chi connectivity index (χ0v) is 33.1. The van der Waals surface area contributed by atoms with Gasteiger partial charge in [0.2, 0.25) is 15.9 Å². The lowest BCUT2D eigenvalue weighted by Gasteiger charge is -2.43. The molecule has 0 unspecified atom stereocenters. The van der Waals surface area contributed by atoms with E-state index in [-0.39, 0.29) is 68.2 Å². The number of sulfonamides is 1. The van der Waals surface area contributed by atoms with Crippen molar-refractivity contribution in [1.82, 2.24) is 24.7 Å². The summed E-state index contributed by atoms with van der Waals surface area (Å²) in [6, 6.07) is 7.42. The van der Waals surface area contributed by atoms with Crippen LogP contribution in [0.5, 0.6) is 5.75 Å². The fraction of sp³-hybridized carbons (Fsp3) is 0.556. The SMILES string of the molecule is C[C@@H]1CN([C@H]2Cc3c(Cl)cc(Cl)cc3[C@@H]2Oc2ccc(S(=O)(=O)N[C@H]3CCN(C(=O)CCC(=O)CNC(=O)OC(C)(C)C)C3)cc2)CCN1C(=O)C(F)(F)F. The molecule has 0 saturated carbocycles. The number of fused-ring (bicyclic) bond motifs is 1.